The maximum Gasteiger partial charge on any atom is 0.167 e. The van der Waals surface area contributed by atoms with Gasteiger partial charge in [0.2, 0.25) is 0 Å². The number of hydrogen-bond acceptors (Lipinski definition) is 5. The Morgan fingerprint density at radius 3 is 1.42 bits per heavy atom. The molecule has 3 heterocycles. The Labute approximate surface area is 344 Å². The summed E-state index contributed by atoms with van der Waals surface area (Å²) in [7, 11) is 0. The monoisotopic (exact) mass is 767 g/mol. The maximum absolute atomic E-state index is 6.60. The van der Waals surface area contributed by atoms with Crippen LogP contribution >= 0.6 is 0 Å². The maximum atomic E-state index is 6.60. The van der Waals surface area contributed by atoms with E-state index in [1.165, 1.54) is 0 Å². The first-order valence-electron chi connectivity index (χ1n) is 20.1. The molecule has 0 spiro atoms. The molecular weight excluding hydrogens is 735 g/mol. The zero-order chi connectivity index (χ0) is 39.6. The molecule has 0 saturated carbocycles. The highest BCUT2D eigenvalue weighted by Crippen LogP contribution is 2.44. The predicted octanol–water partition coefficient (Wildman–Crippen LogP) is 14.8. The second-order valence-corrected chi connectivity index (χ2v) is 15.1. The number of aromatic nitrogens is 3. The first kappa shape index (κ1) is 33.9. The molecule has 0 radical (unpaired) electrons. The Balaban J connectivity index is 1.18. The number of hydrogen-bond donors (Lipinski definition) is 0. The summed E-state index contributed by atoms with van der Waals surface area (Å²) < 4.78 is 13.2. The van der Waals surface area contributed by atoms with Crippen LogP contribution in [0.4, 0.5) is 0 Å². The number of nitrogens with zero attached hydrogens (tertiary/aromatic N) is 3. The minimum atomic E-state index is 0.507. The van der Waals surface area contributed by atoms with Crippen LogP contribution in [0.3, 0.4) is 0 Å². The molecule has 0 fully saturated rings. The van der Waals surface area contributed by atoms with Gasteiger partial charge in [-0.3, -0.25) is 0 Å². The molecule has 0 bridgehead atoms. The molecule has 60 heavy (non-hydrogen) atoms. The molecule has 0 amide bonds. The van der Waals surface area contributed by atoms with Crippen LogP contribution in [-0.4, -0.2) is 15.0 Å². The van der Waals surface area contributed by atoms with Gasteiger partial charge in [0.05, 0.1) is 11.1 Å². The predicted molar refractivity (Wildman–Crippen MR) is 245 cm³/mol. The second kappa shape index (κ2) is 13.8. The van der Waals surface area contributed by atoms with Crippen LogP contribution in [0, 0.1) is 0 Å². The van der Waals surface area contributed by atoms with E-state index in [1.54, 1.807) is 0 Å². The average molecular weight is 768 g/mol. The van der Waals surface area contributed by atoms with Crippen molar-refractivity contribution >= 4 is 54.6 Å². The molecule has 0 saturated heterocycles. The second-order valence-electron chi connectivity index (χ2n) is 15.1. The van der Waals surface area contributed by atoms with Crippen molar-refractivity contribution in [3.63, 3.8) is 0 Å². The molecule has 5 heteroatoms. The molecule has 280 valence electrons. The number of fused-ring (bicyclic) bond motifs is 7. The normalized spacial score (nSPS) is 11.7. The molecule has 5 nitrogen and oxygen atoms in total. The Kier molecular flexibility index (Phi) is 7.78. The summed E-state index contributed by atoms with van der Waals surface area (Å²) in [5.41, 5.74) is 12.2. The lowest BCUT2D eigenvalue weighted by molar-refractivity contribution is 0.669. The van der Waals surface area contributed by atoms with Crippen molar-refractivity contribution in [2.45, 2.75) is 0 Å². The third kappa shape index (κ3) is 5.52. The zero-order valence-electron chi connectivity index (χ0n) is 32.2. The van der Waals surface area contributed by atoms with E-state index in [-0.39, 0.29) is 0 Å². The summed E-state index contributed by atoms with van der Waals surface area (Å²) >= 11 is 0. The minimum absolute atomic E-state index is 0.507. The van der Waals surface area contributed by atoms with Crippen LogP contribution in [0.1, 0.15) is 0 Å². The SMILES string of the molecule is c1ccc(-c2ccc3c(-c4nc(-c5cccc6c5oc5ccccc56)nc(-c5cccc6c5oc5ccccc56)n4)c(-c4ccccc4-c4ccccc4)ccc3c2)cc1. The summed E-state index contributed by atoms with van der Waals surface area (Å²) in [5, 5.41) is 6.19. The highest BCUT2D eigenvalue weighted by Gasteiger charge is 2.24. The molecular formula is C55H33N3O2. The van der Waals surface area contributed by atoms with E-state index in [0.29, 0.717) is 17.5 Å². The lowest BCUT2D eigenvalue weighted by Gasteiger charge is -2.18. The first-order chi connectivity index (χ1) is 29.7. The minimum Gasteiger partial charge on any atom is -0.455 e. The van der Waals surface area contributed by atoms with E-state index in [0.717, 1.165) is 105 Å². The number of para-hydroxylation sites is 4. The van der Waals surface area contributed by atoms with Crippen LogP contribution in [0.5, 0.6) is 0 Å². The van der Waals surface area contributed by atoms with Crippen molar-refractivity contribution in [2.24, 2.45) is 0 Å². The number of benzene rings is 9. The van der Waals surface area contributed by atoms with Gasteiger partial charge in [0.25, 0.3) is 0 Å². The van der Waals surface area contributed by atoms with Gasteiger partial charge in [-0.2, -0.15) is 0 Å². The number of rotatable bonds is 6. The lowest BCUT2D eigenvalue weighted by Crippen LogP contribution is -2.02. The van der Waals surface area contributed by atoms with E-state index < -0.39 is 0 Å². The lowest BCUT2D eigenvalue weighted by atomic mass is 9.88. The topological polar surface area (TPSA) is 65.0 Å². The molecule has 0 unspecified atom stereocenters. The summed E-state index contributed by atoms with van der Waals surface area (Å²) in [6, 6.07) is 69.3. The molecule has 12 rings (SSSR count). The molecule has 9 aromatic carbocycles. The Hall–Kier alpha value is -8.15. The van der Waals surface area contributed by atoms with E-state index in [1.807, 2.05) is 66.7 Å². The van der Waals surface area contributed by atoms with Gasteiger partial charge in [-0.15, -0.1) is 0 Å². The van der Waals surface area contributed by atoms with Gasteiger partial charge in [-0.1, -0.05) is 170 Å². The van der Waals surface area contributed by atoms with Crippen LogP contribution in [0.15, 0.2) is 209 Å². The number of furan rings is 2. The molecule has 0 aliphatic rings. The van der Waals surface area contributed by atoms with Crippen molar-refractivity contribution in [1.29, 1.82) is 0 Å². The third-order valence-corrected chi connectivity index (χ3v) is 11.6. The molecule has 0 aliphatic carbocycles. The van der Waals surface area contributed by atoms with E-state index in [2.05, 4.69) is 133 Å². The fraction of sp³-hybridized carbons (Fsp3) is 0. The largest absolute Gasteiger partial charge is 0.455 e. The summed E-state index contributed by atoms with van der Waals surface area (Å²) in [6.07, 6.45) is 0. The van der Waals surface area contributed by atoms with Crippen molar-refractivity contribution in [3.8, 4) is 67.5 Å². The first-order valence-corrected chi connectivity index (χ1v) is 20.1. The molecule has 0 aliphatic heterocycles. The summed E-state index contributed by atoms with van der Waals surface area (Å²) in [5.74, 6) is 1.56. The summed E-state index contributed by atoms with van der Waals surface area (Å²) in [6.45, 7) is 0. The van der Waals surface area contributed by atoms with Crippen LogP contribution < -0.4 is 0 Å². The molecule has 0 N–H and O–H groups in total. The molecule has 12 aromatic rings. The van der Waals surface area contributed by atoms with Crippen LogP contribution in [0.25, 0.3) is 122 Å². The van der Waals surface area contributed by atoms with E-state index in [4.69, 9.17) is 23.8 Å². The van der Waals surface area contributed by atoms with Gasteiger partial charge < -0.3 is 8.83 Å². The van der Waals surface area contributed by atoms with Gasteiger partial charge in [-0.25, -0.2) is 15.0 Å². The fourth-order valence-electron chi connectivity index (χ4n) is 8.77. The Bertz CT molecular complexity index is 3470. The van der Waals surface area contributed by atoms with Crippen LogP contribution in [0.2, 0.25) is 0 Å². The highest BCUT2D eigenvalue weighted by molar-refractivity contribution is 6.11. The van der Waals surface area contributed by atoms with Gasteiger partial charge in [0.1, 0.15) is 22.3 Å². The van der Waals surface area contributed by atoms with Gasteiger partial charge >= 0.3 is 0 Å². The summed E-state index contributed by atoms with van der Waals surface area (Å²) in [4.78, 5) is 16.2. The van der Waals surface area contributed by atoms with E-state index >= 15 is 0 Å². The Morgan fingerprint density at radius 1 is 0.283 bits per heavy atom. The standard InChI is InChI=1S/C55H33N3O2/c1-3-15-34(16-4-1)36-29-31-39-37(33-36)30-32-43(40-20-8-7-19-38(40)35-17-5-2-6-18-35)50(39)55-57-53(46-25-13-23-44-41-21-9-11-27-48(41)59-51(44)46)56-54(58-55)47-26-14-24-45-42-22-10-12-28-49(42)60-52(45)47/h1-33H. The average Bonchev–Trinajstić information content (AvgIpc) is 3.90. The Morgan fingerprint density at radius 2 is 0.783 bits per heavy atom. The molecule has 0 atom stereocenters. The highest BCUT2D eigenvalue weighted by atomic mass is 16.3. The van der Waals surface area contributed by atoms with E-state index in [9.17, 15) is 0 Å². The van der Waals surface area contributed by atoms with Gasteiger partial charge in [0.15, 0.2) is 17.5 Å². The fourth-order valence-corrected chi connectivity index (χ4v) is 8.77. The van der Waals surface area contributed by atoms with Crippen molar-refractivity contribution < 1.29 is 8.83 Å². The smallest absolute Gasteiger partial charge is 0.167 e. The van der Waals surface area contributed by atoms with Gasteiger partial charge in [0, 0.05) is 27.1 Å². The quantitative estimate of drug-likeness (QED) is 0.169. The zero-order valence-corrected chi connectivity index (χ0v) is 32.2. The third-order valence-electron chi connectivity index (χ3n) is 11.6. The van der Waals surface area contributed by atoms with Crippen molar-refractivity contribution in [3.05, 3.63) is 200 Å². The van der Waals surface area contributed by atoms with Crippen molar-refractivity contribution in [2.75, 3.05) is 0 Å². The van der Waals surface area contributed by atoms with Crippen LogP contribution in [-0.2, 0) is 0 Å². The van der Waals surface area contributed by atoms with Crippen molar-refractivity contribution in [1.82, 2.24) is 15.0 Å². The molecule has 3 aromatic heterocycles. The van der Waals surface area contributed by atoms with Gasteiger partial charge in [-0.05, 0) is 74.5 Å².